The first-order chi connectivity index (χ1) is 8.55. The van der Waals surface area contributed by atoms with E-state index in [1.165, 1.54) is 0 Å². The van der Waals surface area contributed by atoms with Crippen molar-refractivity contribution in [1.29, 1.82) is 0 Å². The summed E-state index contributed by atoms with van der Waals surface area (Å²) in [5.41, 5.74) is 0. The van der Waals surface area contributed by atoms with Crippen molar-refractivity contribution in [1.82, 2.24) is 9.62 Å². The first-order valence-electron chi connectivity index (χ1n) is 6.04. The van der Waals surface area contributed by atoms with Gasteiger partial charge in [-0.05, 0) is 53.3 Å². The molecule has 1 aliphatic rings. The van der Waals surface area contributed by atoms with Crippen molar-refractivity contribution in [2.75, 3.05) is 19.6 Å². The first kappa shape index (κ1) is 14.2. The summed E-state index contributed by atoms with van der Waals surface area (Å²) in [6, 6.07) is 7.14. The molecule has 0 saturated carbocycles. The molecule has 1 aliphatic heterocycles. The summed E-state index contributed by atoms with van der Waals surface area (Å²) in [5.74, 6) is 0. The van der Waals surface area contributed by atoms with Crippen LogP contribution in [0.3, 0.4) is 0 Å². The van der Waals surface area contributed by atoms with Gasteiger partial charge in [0.2, 0.25) is 10.0 Å². The molecule has 0 atom stereocenters. The Morgan fingerprint density at radius 2 is 1.94 bits per heavy atom. The van der Waals surface area contributed by atoms with Crippen LogP contribution in [-0.4, -0.2) is 38.4 Å². The molecule has 1 heterocycles. The second-order valence-corrected chi connectivity index (χ2v) is 7.52. The maximum Gasteiger partial charge on any atom is 0.243 e. The van der Waals surface area contributed by atoms with Crippen molar-refractivity contribution in [3.05, 3.63) is 27.8 Å². The largest absolute Gasteiger partial charge is 0.313 e. The van der Waals surface area contributed by atoms with E-state index in [0.717, 1.165) is 23.1 Å². The smallest absolute Gasteiger partial charge is 0.243 e. The standard InChI is InChI=1S/C12H17IN2O2S/c1-2-7-15(11-8-14-9-11)18(16,17)12-5-3-10(13)4-6-12/h3-6,11,14H,2,7-9H2,1H3. The third-order valence-corrected chi connectivity index (χ3v) is 5.72. The molecule has 4 nitrogen and oxygen atoms in total. The average Bonchev–Trinajstić information content (AvgIpc) is 2.26. The van der Waals surface area contributed by atoms with E-state index in [1.54, 1.807) is 16.4 Å². The van der Waals surface area contributed by atoms with Crippen molar-refractivity contribution in [3.63, 3.8) is 0 Å². The Morgan fingerprint density at radius 3 is 2.39 bits per heavy atom. The lowest BCUT2D eigenvalue weighted by atomic mass is 10.2. The Labute approximate surface area is 122 Å². The lowest BCUT2D eigenvalue weighted by Gasteiger charge is -2.37. The summed E-state index contributed by atoms with van der Waals surface area (Å²) >= 11 is 2.17. The first-order valence-corrected chi connectivity index (χ1v) is 8.55. The zero-order chi connectivity index (χ0) is 13.2. The Bertz CT molecular complexity index is 497. The van der Waals surface area contributed by atoms with E-state index in [1.807, 2.05) is 19.1 Å². The Balaban J connectivity index is 2.29. The Hall–Kier alpha value is -0.180. The molecule has 1 N–H and O–H groups in total. The van der Waals surface area contributed by atoms with Crippen LogP contribution in [0.2, 0.25) is 0 Å². The van der Waals surface area contributed by atoms with E-state index in [-0.39, 0.29) is 6.04 Å². The maximum atomic E-state index is 12.6. The van der Waals surface area contributed by atoms with E-state index in [4.69, 9.17) is 0 Å². The zero-order valence-corrected chi connectivity index (χ0v) is 13.2. The predicted octanol–water partition coefficient (Wildman–Crippen LogP) is 1.66. The number of nitrogens with one attached hydrogen (secondary N) is 1. The minimum atomic E-state index is -3.35. The Kier molecular flexibility index (Phi) is 4.63. The lowest BCUT2D eigenvalue weighted by molar-refractivity contribution is 0.242. The molecule has 2 rings (SSSR count). The van der Waals surface area contributed by atoms with Gasteiger partial charge in [0.1, 0.15) is 0 Å². The average molecular weight is 380 g/mol. The third kappa shape index (κ3) is 2.87. The van der Waals surface area contributed by atoms with Crippen molar-refractivity contribution < 1.29 is 8.42 Å². The van der Waals surface area contributed by atoms with E-state index < -0.39 is 10.0 Å². The predicted molar refractivity (Wildman–Crippen MR) is 80.0 cm³/mol. The summed E-state index contributed by atoms with van der Waals surface area (Å²) in [5, 5.41) is 3.13. The van der Waals surface area contributed by atoms with E-state index in [0.29, 0.717) is 11.4 Å². The zero-order valence-electron chi connectivity index (χ0n) is 10.3. The highest BCUT2D eigenvalue weighted by atomic mass is 127. The van der Waals surface area contributed by atoms with Gasteiger partial charge in [0.05, 0.1) is 10.9 Å². The van der Waals surface area contributed by atoms with Crippen molar-refractivity contribution in [2.24, 2.45) is 0 Å². The molecule has 0 aromatic heterocycles. The highest BCUT2D eigenvalue weighted by Crippen LogP contribution is 2.21. The summed E-state index contributed by atoms with van der Waals surface area (Å²) in [4.78, 5) is 0.392. The van der Waals surface area contributed by atoms with Gasteiger partial charge in [0.25, 0.3) is 0 Å². The van der Waals surface area contributed by atoms with Gasteiger partial charge in [-0.2, -0.15) is 4.31 Å². The van der Waals surface area contributed by atoms with Gasteiger partial charge in [-0.3, -0.25) is 0 Å². The highest BCUT2D eigenvalue weighted by Gasteiger charge is 2.33. The lowest BCUT2D eigenvalue weighted by Crippen LogP contribution is -2.58. The fourth-order valence-corrected chi connectivity index (χ4v) is 4.01. The molecule has 0 aliphatic carbocycles. The second kappa shape index (κ2) is 5.85. The molecule has 0 spiro atoms. The number of hydrogen-bond donors (Lipinski definition) is 1. The molecule has 100 valence electrons. The number of halogens is 1. The maximum absolute atomic E-state index is 12.6. The van der Waals surface area contributed by atoms with Crippen LogP contribution in [0.15, 0.2) is 29.2 Å². The molecule has 0 bridgehead atoms. The molecule has 18 heavy (non-hydrogen) atoms. The molecular formula is C12H17IN2O2S. The second-order valence-electron chi connectivity index (χ2n) is 4.38. The number of rotatable bonds is 5. The van der Waals surface area contributed by atoms with Crippen LogP contribution in [0.1, 0.15) is 13.3 Å². The normalized spacial score (nSPS) is 16.8. The van der Waals surface area contributed by atoms with Gasteiger partial charge < -0.3 is 5.32 Å². The van der Waals surface area contributed by atoms with Gasteiger partial charge in [0, 0.05) is 23.2 Å². The van der Waals surface area contributed by atoms with Gasteiger partial charge in [-0.15, -0.1) is 0 Å². The quantitative estimate of drug-likeness (QED) is 0.791. The number of benzene rings is 1. The van der Waals surface area contributed by atoms with Gasteiger partial charge in [-0.1, -0.05) is 6.92 Å². The fraction of sp³-hybridized carbons (Fsp3) is 0.500. The summed E-state index contributed by atoms with van der Waals surface area (Å²) in [7, 11) is -3.35. The molecule has 1 aromatic carbocycles. The molecule has 1 saturated heterocycles. The van der Waals surface area contributed by atoms with Crippen LogP contribution in [0.5, 0.6) is 0 Å². The number of sulfonamides is 1. The number of nitrogens with zero attached hydrogens (tertiary/aromatic N) is 1. The van der Waals surface area contributed by atoms with E-state index >= 15 is 0 Å². The van der Waals surface area contributed by atoms with Gasteiger partial charge >= 0.3 is 0 Å². The highest BCUT2D eigenvalue weighted by molar-refractivity contribution is 14.1. The van der Waals surface area contributed by atoms with Crippen molar-refractivity contribution in [2.45, 2.75) is 24.3 Å². The summed E-state index contributed by atoms with van der Waals surface area (Å²) in [6.45, 7) is 4.09. The van der Waals surface area contributed by atoms with Gasteiger partial charge in [-0.25, -0.2) is 8.42 Å². The monoisotopic (exact) mass is 380 g/mol. The van der Waals surface area contributed by atoms with Crippen LogP contribution < -0.4 is 5.32 Å². The number of hydrogen-bond acceptors (Lipinski definition) is 3. The molecule has 1 aromatic rings. The minimum absolute atomic E-state index is 0.106. The molecular weight excluding hydrogens is 363 g/mol. The third-order valence-electron chi connectivity index (χ3n) is 3.03. The van der Waals surface area contributed by atoms with Crippen LogP contribution in [0.4, 0.5) is 0 Å². The van der Waals surface area contributed by atoms with Crippen molar-refractivity contribution >= 4 is 32.6 Å². The SMILES string of the molecule is CCCN(C1CNC1)S(=O)(=O)c1ccc(I)cc1. The molecule has 0 unspecified atom stereocenters. The van der Waals surface area contributed by atoms with Crippen LogP contribution >= 0.6 is 22.6 Å². The minimum Gasteiger partial charge on any atom is -0.313 e. The van der Waals surface area contributed by atoms with Crippen LogP contribution in [0.25, 0.3) is 0 Å². The molecule has 0 amide bonds. The topological polar surface area (TPSA) is 49.4 Å². The van der Waals surface area contributed by atoms with E-state index in [2.05, 4.69) is 27.9 Å². The van der Waals surface area contributed by atoms with Crippen LogP contribution in [0, 0.1) is 3.57 Å². The molecule has 0 radical (unpaired) electrons. The Morgan fingerprint density at radius 1 is 1.33 bits per heavy atom. The van der Waals surface area contributed by atoms with E-state index in [9.17, 15) is 8.42 Å². The van der Waals surface area contributed by atoms with Gasteiger partial charge in [0.15, 0.2) is 0 Å². The molecule has 1 fully saturated rings. The van der Waals surface area contributed by atoms with Crippen molar-refractivity contribution in [3.8, 4) is 0 Å². The van der Waals surface area contributed by atoms with Crippen LogP contribution in [-0.2, 0) is 10.0 Å². The summed E-state index contributed by atoms with van der Waals surface area (Å²) < 4.78 is 27.8. The summed E-state index contributed by atoms with van der Waals surface area (Å²) in [6.07, 6.45) is 0.833. The fourth-order valence-electron chi connectivity index (χ4n) is 1.94. The molecule has 6 heteroatoms.